The van der Waals surface area contributed by atoms with Crippen molar-refractivity contribution in [1.29, 1.82) is 0 Å². The van der Waals surface area contributed by atoms with E-state index >= 15 is 0 Å². The van der Waals surface area contributed by atoms with Crippen LogP contribution in [0.4, 0.5) is 0 Å². The van der Waals surface area contributed by atoms with Gasteiger partial charge in [-0.15, -0.1) is 11.3 Å². The highest BCUT2D eigenvalue weighted by Crippen LogP contribution is 2.30. The van der Waals surface area contributed by atoms with E-state index in [1.807, 2.05) is 12.1 Å². The molecule has 3 nitrogen and oxygen atoms in total. The molecule has 2 aromatic heterocycles. The van der Waals surface area contributed by atoms with Gasteiger partial charge in [0.25, 0.3) is 0 Å². The standard InChI is InChI=1S/C10H9BrN2OS/c11-9-8(3-5-14)15-10(13-9)7-2-1-4-12-6-7/h1-2,4,6,14H,3,5H2. The Labute approximate surface area is 100.0 Å². The number of aliphatic hydroxyl groups excluding tert-OH is 1. The second-order valence-electron chi connectivity index (χ2n) is 2.95. The Hall–Kier alpha value is -0.780. The monoisotopic (exact) mass is 284 g/mol. The van der Waals surface area contributed by atoms with Crippen LogP contribution in [0.1, 0.15) is 4.88 Å². The molecule has 78 valence electrons. The van der Waals surface area contributed by atoms with Crippen molar-refractivity contribution >= 4 is 27.3 Å². The Kier molecular flexibility index (Phi) is 3.45. The normalized spacial score (nSPS) is 10.5. The zero-order valence-corrected chi connectivity index (χ0v) is 10.3. The third kappa shape index (κ3) is 2.42. The highest BCUT2D eigenvalue weighted by atomic mass is 79.9. The summed E-state index contributed by atoms with van der Waals surface area (Å²) in [6.07, 6.45) is 4.16. The van der Waals surface area contributed by atoms with Crippen LogP contribution in [0.15, 0.2) is 29.1 Å². The summed E-state index contributed by atoms with van der Waals surface area (Å²) in [5.74, 6) is 0. The predicted molar refractivity (Wildman–Crippen MR) is 63.8 cm³/mol. The van der Waals surface area contributed by atoms with Crippen molar-refractivity contribution in [3.63, 3.8) is 0 Å². The average molecular weight is 285 g/mol. The van der Waals surface area contributed by atoms with E-state index < -0.39 is 0 Å². The molecule has 0 radical (unpaired) electrons. The molecule has 2 aromatic rings. The summed E-state index contributed by atoms with van der Waals surface area (Å²) in [7, 11) is 0. The van der Waals surface area contributed by atoms with Gasteiger partial charge in [0, 0.05) is 35.9 Å². The van der Waals surface area contributed by atoms with Gasteiger partial charge in [-0.1, -0.05) is 0 Å². The lowest BCUT2D eigenvalue weighted by atomic mass is 10.3. The Balaban J connectivity index is 2.34. The molecule has 0 aliphatic heterocycles. The minimum Gasteiger partial charge on any atom is -0.396 e. The van der Waals surface area contributed by atoms with Crippen LogP contribution in [0.5, 0.6) is 0 Å². The van der Waals surface area contributed by atoms with Gasteiger partial charge in [0.1, 0.15) is 9.61 Å². The zero-order chi connectivity index (χ0) is 10.7. The Morgan fingerprint density at radius 2 is 2.33 bits per heavy atom. The number of pyridine rings is 1. The summed E-state index contributed by atoms with van der Waals surface area (Å²) in [6, 6.07) is 3.86. The molecule has 0 saturated carbocycles. The maximum atomic E-state index is 8.87. The molecule has 0 saturated heterocycles. The fraction of sp³-hybridized carbons (Fsp3) is 0.200. The molecule has 0 atom stereocenters. The summed E-state index contributed by atoms with van der Waals surface area (Å²) in [5, 5.41) is 9.80. The van der Waals surface area contributed by atoms with Crippen molar-refractivity contribution in [2.24, 2.45) is 0 Å². The third-order valence-electron chi connectivity index (χ3n) is 1.90. The molecule has 0 aliphatic rings. The van der Waals surface area contributed by atoms with Crippen LogP contribution in [0.2, 0.25) is 0 Å². The van der Waals surface area contributed by atoms with Gasteiger partial charge in [-0.05, 0) is 28.1 Å². The van der Waals surface area contributed by atoms with Gasteiger partial charge in [0.15, 0.2) is 0 Å². The van der Waals surface area contributed by atoms with E-state index in [0.29, 0.717) is 6.42 Å². The molecule has 5 heteroatoms. The molecule has 2 heterocycles. The number of halogens is 1. The molecular weight excluding hydrogens is 276 g/mol. The zero-order valence-electron chi connectivity index (χ0n) is 7.85. The van der Waals surface area contributed by atoms with Crippen LogP contribution >= 0.6 is 27.3 Å². The lowest BCUT2D eigenvalue weighted by Gasteiger charge is -1.92. The number of hydrogen-bond acceptors (Lipinski definition) is 4. The first kappa shape index (κ1) is 10.7. The second kappa shape index (κ2) is 4.83. The van der Waals surface area contributed by atoms with E-state index in [-0.39, 0.29) is 6.61 Å². The molecule has 0 amide bonds. The van der Waals surface area contributed by atoms with Gasteiger partial charge >= 0.3 is 0 Å². The van der Waals surface area contributed by atoms with Crippen molar-refractivity contribution in [2.45, 2.75) is 6.42 Å². The summed E-state index contributed by atoms with van der Waals surface area (Å²) >= 11 is 4.96. The van der Waals surface area contributed by atoms with Crippen LogP contribution < -0.4 is 0 Å². The van der Waals surface area contributed by atoms with E-state index in [1.165, 1.54) is 0 Å². The molecule has 0 bridgehead atoms. The third-order valence-corrected chi connectivity index (χ3v) is 3.98. The minimum atomic E-state index is 0.146. The Morgan fingerprint density at radius 1 is 1.47 bits per heavy atom. The van der Waals surface area contributed by atoms with E-state index in [4.69, 9.17) is 5.11 Å². The largest absolute Gasteiger partial charge is 0.396 e. The van der Waals surface area contributed by atoms with Gasteiger partial charge in [0.2, 0.25) is 0 Å². The molecule has 0 unspecified atom stereocenters. The van der Waals surface area contributed by atoms with Crippen LogP contribution in [0.25, 0.3) is 10.6 Å². The Morgan fingerprint density at radius 3 is 3.00 bits per heavy atom. The lowest BCUT2D eigenvalue weighted by Crippen LogP contribution is -1.86. The van der Waals surface area contributed by atoms with Gasteiger partial charge < -0.3 is 5.11 Å². The smallest absolute Gasteiger partial charge is 0.126 e. The van der Waals surface area contributed by atoms with Crippen molar-refractivity contribution in [1.82, 2.24) is 9.97 Å². The minimum absolute atomic E-state index is 0.146. The van der Waals surface area contributed by atoms with E-state index in [1.54, 1.807) is 23.7 Å². The molecule has 2 rings (SSSR count). The van der Waals surface area contributed by atoms with Gasteiger partial charge in [-0.25, -0.2) is 4.98 Å². The molecule has 0 aliphatic carbocycles. The fourth-order valence-electron chi connectivity index (χ4n) is 1.20. The summed E-state index contributed by atoms with van der Waals surface area (Å²) in [6.45, 7) is 0.146. The first-order valence-electron chi connectivity index (χ1n) is 4.47. The molecule has 1 N–H and O–H groups in total. The molecular formula is C10H9BrN2OS. The highest BCUT2D eigenvalue weighted by molar-refractivity contribution is 9.10. The summed E-state index contributed by atoms with van der Waals surface area (Å²) in [4.78, 5) is 9.50. The van der Waals surface area contributed by atoms with Crippen LogP contribution in [0, 0.1) is 0 Å². The van der Waals surface area contributed by atoms with Crippen molar-refractivity contribution in [2.75, 3.05) is 6.61 Å². The molecule has 0 fully saturated rings. The SMILES string of the molecule is OCCc1sc(-c2cccnc2)nc1Br. The van der Waals surface area contributed by atoms with Gasteiger partial charge in [0.05, 0.1) is 0 Å². The molecule has 15 heavy (non-hydrogen) atoms. The number of hydrogen-bond donors (Lipinski definition) is 1. The highest BCUT2D eigenvalue weighted by Gasteiger charge is 2.09. The second-order valence-corrected chi connectivity index (χ2v) is 4.78. The number of nitrogens with zero attached hydrogens (tertiary/aromatic N) is 2. The van der Waals surface area contributed by atoms with E-state index in [2.05, 4.69) is 25.9 Å². The maximum absolute atomic E-state index is 8.87. The lowest BCUT2D eigenvalue weighted by molar-refractivity contribution is 0.300. The van der Waals surface area contributed by atoms with Crippen LogP contribution in [-0.4, -0.2) is 21.7 Å². The summed E-state index contributed by atoms with van der Waals surface area (Å²) < 4.78 is 0.820. The van der Waals surface area contributed by atoms with E-state index in [0.717, 1.165) is 20.1 Å². The van der Waals surface area contributed by atoms with E-state index in [9.17, 15) is 0 Å². The number of aliphatic hydroxyl groups is 1. The summed E-state index contributed by atoms with van der Waals surface area (Å²) in [5.41, 5.74) is 1.01. The molecule has 0 spiro atoms. The van der Waals surface area contributed by atoms with Crippen LogP contribution in [0.3, 0.4) is 0 Å². The number of thiazole rings is 1. The quantitative estimate of drug-likeness (QED) is 0.942. The predicted octanol–water partition coefficient (Wildman–Crippen LogP) is 2.50. The topological polar surface area (TPSA) is 46.0 Å². The maximum Gasteiger partial charge on any atom is 0.126 e. The average Bonchev–Trinajstić information content (AvgIpc) is 2.63. The van der Waals surface area contributed by atoms with Gasteiger partial charge in [-0.2, -0.15) is 0 Å². The fourth-order valence-corrected chi connectivity index (χ4v) is 2.87. The van der Waals surface area contributed by atoms with Crippen molar-refractivity contribution in [3.05, 3.63) is 34.0 Å². The first-order chi connectivity index (χ1) is 7.31. The van der Waals surface area contributed by atoms with Gasteiger partial charge in [-0.3, -0.25) is 4.98 Å². The van der Waals surface area contributed by atoms with Crippen molar-refractivity contribution in [3.8, 4) is 10.6 Å². The van der Waals surface area contributed by atoms with Crippen molar-refractivity contribution < 1.29 is 5.11 Å². The Bertz CT molecular complexity index is 444. The number of rotatable bonds is 3. The van der Waals surface area contributed by atoms with Crippen LogP contribution in [-0.2, 0) is 6.42 Å². The number of aromatic nitrogens is 2. The molecule has 0 aromatic carbocycles. The first-order valence-corrected chi connectivity index (χ1v) is 6.08.